The van der Waals surface area contributed by atoms with Crippen molar-refractivity contribution in [3.8, 4) is 0 Å². The standard InChI is InChI=1S/C21H29NO2/c1-6-8-19(15(3)4)22-12-11-18-14-17(9-10-20(18)22)16(5)13-21(23)24-7-2/h9-15,19H,6-8H2,1-5H3/b16-13+. The molecular formula is C21H29NO2. The minimum absolute atomic E-state index is 0.282. The maximum absolute atomic E-state index is 11.6. The third-order valence-electron chi connectivity index (χ3n) is 4.51. The smallest absolute Gasteiger partial charge is 0.331 e. The molecule has 0 aliphatic carbocycles. The first kappa shape index (κ1) is 18.3. The Morgan fingerprint density at radius 2 is 2.00 bits per heavy atom. The summed E-state index contributed by atoms with van der Waals surface area (Å²) in [5.41, 5.74) is 3.25. The highest BCUT2D eigenvalue weighted by molar-refractivity contribution is 5.92. The van der Waals surface area contributed by atoms with Crippen LogP contribution in [0.15, 0.2) is 36.5 Å². The molecule has 0 bridgehead atoms. The van der Waals surface area contributed by atoms with Gasteiger partial charge in [-0.3, -0.25) is 0 Å². The number of carbonyl (C=O) groups is 1. The highest BCUT2D eigenvalue weighted by Gasteiger charge is 2.16. The fraction of sp³-hybridized carbons (Fsp3) is 0.476. The third-order valence-corrected chi connectivity index (χ3v) is 4.51. The van der Waals surface area contributed by atoms with E-state index >= 15 is 0 Å². The average Bonchev–Trinajstić information content (AvgIpc) is 2.95. The van der Waals surface area contributed by atoms with Crippen LogP contribution in [0.3, 0.4) is 0 Å². The molecular weight excluding hydrogens is 298 g/mol. The summed E-state index contributed by atoms with van der Waals surface area (Å²) >= 11 is 0. The van der Waals surface area contributed by atoms with Gasteiger partial charge in [-0.15, -0.1) is 0 Å². The topological polar surface area (TPSA) is 31.2 Å². The molecule has 1 atom stereocenters. The SMILES string of the molecule is CCCC(C(C)C)n1ccc2cc(/C(C)=C/C(=O)OCC)ccc21. The van der Waals surface area contributed by atoms with Crippen LogP contribution in [0.5, 0.6) is 0 Å². The largest absolute Gasteiger partial charge is 0.463 e. The van der Waals surface area contributed by atoms with Crippen molar-refractivity contribution in [2.45, 2.75) is 53.5 Å². The lowest BCUT2D eigenvalue weighted by Crippen LogP contribution is -2.14. The summed E-state index contributed by atoms with van der Waals surface area (Å²) in [5.74, 6) is 0.321. The van der Waals surface area contributed by atoms with Gasteiger partial charge in [0, 0.05) is 29.2 Å². The number of nitrogens with zero attached hydrogens (tertiary/aromatic N) is 1. The molecule has 0 radical (unpaired) electrons. The van der Waals surface area contributed by atoms with Crippen molar-refractivity contribution in [1.82, 2.24) is 4.57 Å². The van der Waals surface area contributed by atoms with Gasteiger partial charge in [-0.05, 0) is 55.5 Å². The number of carbonyl (C=O) groups excluding carboxylic acids is 1. The van der Waals surface area contributed by atoms with E-state index in [4.69, 9.17) is 4.74 Å². The molecule has 3 heteroatoms. The van der Waals surface area contributed by atoms with Crippen molar-refractivity contribution < 1.29 is 9.53 Å². The van der Waals surface area contributed by atoms with Crippen LogP contribution in [0.25, 0.3) is 16.5 Å². The van der Waals surface area contributed by atoms with E-state index in [-0.39, 0.29) is 5.97 Å². The molecule has 0 N–H and O–H groups in total. The number of allylic oxidation sites excluding steroid dienone is 1. The Bertz CT molecular complexity index is 725. The maximum Gasteiger partial charge on any atom is 0.331 e. The van der Waals surface area contributed by atoms with Gasteiger partial charge in [-0.1, -0.05) is 33.3 Å². The van der Waals surface area contributed by atoms with E-state index in [1.54, 1.807) is 6.08 Å². The zero-order chi connectivity index (χ0) is 17.7. The van der Waals surface area contributed by atoms with E-state index in [2.05, 4.69) is 55.8 Å². The maximum atomic E-state index is 11.6. The Morgan fingerprint density at radius 1 is 1.25 bits per heavy atom. The second-order valence-corrected chi connectivity index (χ2v) is 6.68. The fourth-order valence-electron chi connectivity index (χ4n) is 3.23. The summed E-state index contributed by atoms with van der Waals surface area (Å²) in [4.78, 5) is 11.6. The molecule has 2 rings (SSSR count). The Labute approximate surface area is 145 Å². The van der Waals surface area contributed by atoms with Crippen LogP contribution in [0.2, 0.25) is 0 Å². The summed E-state index contributed by atoms with van der Waals surface area (Å²) in [7, 11) is 0. The van der Waals surface area contributed by atoms with Crippen LogP contribution < -0.4 is 0 Å². The highest BCUT2D eigenvalue weighted by Crippen LogP contribution is 2.30. The lowest BCUT2D eigenvalue weighted by atomic mass is 9.99. The Balaban J connectivity index is 2.35. The van der Waals surface area contributed by atoms with Crippen molar-refractivity contribution >= 4 is 22.4 Å². The predicted molar refractivity (Wildman–Crippen MR) is 101 cm³/mol. The summed E-state index contributed by atoms with van der Waals surface area (Å²) in [6.45, 7) is 11.0. The highest BCUT2D eigenvalue weighted by atomic mass is 16.5. The van der Waals surface area contributed by atoms with Crippen LogP contribution in [0.1, 0.15) is 59.1 Å². The molecule has 130 valence electrons. The first-order chi connectivity index (χ1) is 11.5. The first-order valence-electron chi connectivity index (χ1n) is 8.93. The van der Waals surface area contributed by atoms with Gasteiger partial charge < -0.3 is 9.30 Å². The van der Waals surface area contributed by atoms with E-state index in [1.165, 1.54) is 23.7 Å². The van der Waals surface area contributed by atoms with E-state index in [0.29, 0.717) is 18.6 Å². The molecule has 0 spiro atoms. The van der Waals surface area contributed by atoms with Crippen molar-refractivity contribution in [3.05, 3.63) is 42.1 Å². The number of benzene rings is 1. The molecule has 24 heavy (non-hydrogen) atoms. The number of hydrogen-bond donors (Lipinski definition) is 0. The Hall–Kier alpha value is -2.03. The molecule has 1 aromatic heterocycles. The molecule has 0 amide bonds. The monoisotopic (exact) mass is 327 g/mol. The molecule has 0 aliphatic heterocycles. The number of esters is 1. The second-order valence-electron chi connectivity index (χ2n) is 6.68. The Kier molecular flexibility index (Phi) is 6.24. The normalized spacial score (nSPS) is 13.5. The molecule has 0 saturated heterocycles. The second kappa shape index (κ2) is 8.18. The summed E-state index contributed by atoms with van der Waals surface area (Å²) in [6, 6.07) is 9.10. The minimum atomic E-state index is -0.282. The summed E-state index contributed by atoms with van der Waals surface area (Å²) in [5, 5.41) is 1.21. The predicted octanol–water partition coefficient (Wildman–Crippen LogP) is 5.60. The van der Waals surface area contributed by atoms with Crippen LogP contribution in [-0.4, -0.2) is 17.1 Å². The van der Waals surface area contributed by atoms with Crippen molar-refractivity contribution in [2.75, 3.05) is 6.61 Å². The first-order valence-corrected chi connectivity index (χ1v) is 8.93. The number of ether oxygens (including phenoxy) is 1. The fourth-order valence-corrected chi connectivity index (χ4v) is 3.23. The lowest BCUT2D eigenvalue weighted by molar-refractivity contribution is -0.137. The number of aromatic nitrogens is 1. The number of hydrogen-bond acceptors (Lipinski definition) is 2. The van der Waals surface area contributed by atoms with E-state index < -0.39 is 0 Å². The van der Waals surface area contributed by atoms with Crippen molar-refractivity contribution in [2.24, 2.45) is 5.92 Å². The quantitative estimate of drug-likeness (QED) is 0.489. The molecule has 1 heterocycles. The molecule has 1 unspecified atom stereocenters. The van der Waals surface area contributed by atoms with Gasteiger partial charge in [-0.25, -0.2) is 4.79 Å². The van der Waals surface area contributed by atoms with Gasteiger partial charge in [0.1, 0.15) is 0 Å². The van der Waals surface area contributed by atoms with Crippen LogP contribution in [-0.2, 0) is 9.53 Å². The molecule has 2 aromatic rings. The number of fused-ring (bicyclic) bond motifs is 1. The Morgan fingerprint density at radius 3 is 2.62 bits per heavy atom. The van der Waals surface area contributed by atoms with Crippen molar-refractivity contribution in [1.29, 1.82) is 0 Å². The van der Waals surface area contributed by atoms with Gasteiger partial charge in [-0.2, -0.15) is 0 Å². The van der Waals surface area contributed by atoms with Gasteiger partial charge in [0.25, 0.3) is 0 Å². The van der Waals surface area contributed by atoms with Gasteiger partial charge in [0.2, 0.25) is 0 Å². The zero-order valence-corrected chi connectivity index (χ0v) is 15.5. The minimum Gasteiger partial charge on any atom is -0.463 e. The van der Waals surface area contributed by atoms with Gasteiger partial charge >= 0.3 is 5.97 Å². The molecule has 3 nitrogen and oxygen atoms in total. The van der Waals surface area contributed by atoms with E-state index in [1.807, 2.05) is 13.8 Å². The third kappa shape index (κ3) is 4.08. The molecule has 0 aliphatic rings. The van der Waals surface area contributed by atoms with Crippen LogP contribution >= 0.6 is 0 Å². The molecule has 1 aromatic carbocycles. The summed E-state index contributed by atoms with van der Waals surface area (Å²) < 4.78 is 7.39. The van der Waals surface area contributed by atoms with E-state index in [9.17, 15) is 4.79 Å². The van der Waals surface area contributed by atoms with Crippen molar-refractivity contribution in [3.63, 3.8) is 0 Å². The average molecular weight is 327 g/mol. The molecule has 0 fully saturated rings. The number of rotatable bonds is 7. The summed E-state index contributed by atoms with van der Waals surface area (Å²) in [6.07, 6.45) is 6.13. The molecule has 0 saturated carbocycles. The van der Waals surface area contributed by atoms with Gasteiger partial charge in [0.05, 0.1) is 6.61 Å². The zero-order valence-electron chi connectivity index (χ0n) is 15.5. The van der Waals surface area contributed by atoms with Crippen LogP contribution in [0, 0.1) is 5.92 Å². The van der Waals surface area contributed by atoms with E-state index in [0.717, 1.165) is 11.1 Å². The lowest BCUT2D eigenvalue weighted by Gasteiger charge is -2.23. The van der Waals surface area contributed by atoms with Crippen LogP contribution in [0.4, 0.5) is 0 Å². The van der Waals surface area contributed by atoms with Gasteiger partial charge in [0.15, 0.2) is 0 Å².